The first-order chi connectivity index (χ1) is 12.0. The third-order valence-corrected chi connectivity index (χ3v) is 4.92. The van der Waals surface area contributed by atoms with Crippen LogP contribution in [0.1, 0.15) is 49.3 Å². The first-order valence-corrected chi connectivity index (χ1v) is 9.31. The number of benzene rings is 1. The fraction of sp³-hybridized carbons (Fsp3) is 0.600. The molecule has 1 aromatic rings. The summed E-state index contributed by atoms with van der Waals surface area (Å²) in [6, 6.07) is 6.83. The van der Waals surface area contributed by atoms with E-state index in [4.69, 9.17) is 0 Å². The highest BCUT2D eigenvalue weighted by Gasteiger charge is 2.22. The molecule has 5 nitrogen and oxygen atoms in total. The molecule has 25 heavy (non-hydrogen) atoms. The van der Waals surface area contributed by atoms with E-state index in [9.17, 15) is 4.79 Å². The molecule has 0 radical (unpaired) electrons. The molecule has 0 aromatic heterocycles. The second-order valence-corrected chi connectivity index (χ2v) is 6.96. The van der Waals surface area contributed by atoms with Crippen LogP contribution in [0.4, 0.5) is 0 Å². The highest BCUT2D eigenvalue weighted by atomic mass is 16.2. The maximum absolute atomic E-state index is 12.4. The van der Waals surface area contributed by atoms with Crippen LogP contribution in [0.5, 0.6) is 0 Å². The largest absolute Gasteiger partial charge is 0.356 e. The predicted octanol–water partition coefficient (Wildman–Crippen LogP) is 2.76. The summed E-state index contributed by atoms with van der Waals surface area (Å²) in [5.74, 6) is 0.976. The van der Waals surface area contributed by atoms with Crippen LogP contribution >= 0.6 is 0 Å². The van der Waals surface area contributed by atoms with E-state index in [1.165, 1.54) is 23.1 Å². The van der Waals surface area contributed by atoms with Gasteiger partial charge in [-0.2, -0.15) is 0 Å². The van der Waals surface area contributed by atoms with Gasteiger partial charge in [-0.15, -0.1) is 0 Å². The average molecular weight is 345 g/mol. The third kappa shape index (κ3) is 5.76. The van der Waals surface area contributed by atoms with Crippen molar-refractivity contribution in [2.24, 2.45) is 4.99 Å². The van der Waals surface area contributed by atoms with E-state index < -0.39 is 0 Å². The SMILES string of the molecule is CN=C(NCCC(=O)N1CCCCC1C)NCc1ccc(C)cc1C. The molecule has 1 aromatic carbocycles. The van der Waals surface area contributed by atoms with Crippen LogP contribution in [0.15, 0.2) is 23.2 Å². The van der Waals surface area contributed by atoms with E-state index >= 15 is 0 Å². The summed E-state index contributed by atoms with van der Waals surface area (Å²) in [6.07, 6.45) is 3.99. The molecule has 2 N–H and O–H groups in total. The minimum Gasteiger partial charge on any atom is -0.356 e. The lowest BCUT2D eigenvalue weighted by Gasteiger charge is -2.33. The van der Waals surface area contributed by atoms with Crippen LogP contribution < -0.4 is 10.6 Å². The summed E-state index contributed by atoms with van der Waals surface area (Å²) in [6.45, 7) is 8.61. The summed E-state index contributed by atoms with van der Waals surface area (Å²) in [4.78, 5) is 18.6. The molecule has 5 heteroatoms. The van der Waals surface area contributed by atoms with Gasteiger partial charge in [-0.1, -0.05) is 23.8 Å². The second kappa shape index (κ2) is 9.44. The molecule has 0 spiro atoms. The van der Waals surface area contributed by atoms with Crippen molar-refractivity contribution in [3.05, 3.63) is 34.9 Å². The van der Waals surface area contributed by atoms with Gasteiger partial charge in [0.2, 0.25) is 5.91 Å². The van der Waals surface area contributed by atoms with Crippen LogP contribution in [0.2, 0.25) is 0 Å². The highest BCUT2D eigenvalue weighted by molar-refractivity contribution is 5.81. The number of aryl methyl sites for hydroxylation is 2. The number of hydrogen-bond acceptors (Lipinski definition) is 2. The van der Waals surface area contributed by atoms with E-state index in [1.54, 1.807) is 7.05 Å². The number of guanidine groups is 1. The molecule has 1 saturated heterocycles. The molecule has 1 amide bonds. The van der Waals surface area contributed by atoms with Gasteiger partial charge in [-0.3, -0.25) is 9.79 Å². The molecule has 0 aliphatic carbocycles. The van der Waals surface area contributed by atoms with Crippen LogP contribution in [0.25, 0.3) is 0 Å². The summed E-state index contributed by atoms with van der Waals surface area (Å²) in [7, 11) is 1.76. The number of piperidine rings is 1. The standard InChI is InChI=1S/C20H32N4O/c1-15-8-9-18(16(2)13-15)14-23-20(21-4)22-11-10-19(25)24-12-6-5-7-17(24)3/h8-9,13,17H,5-7,10-12,14H2,1-4H3,(H2,21,22,23). The first kappa shape index (κ1) is 19.3. The minimum absolute atomic E-state index is 0.240. The molecule has 1 aliphatic rings. The molecule has 1 atom stereocenters. The molecule has 0 bridgehead atoms. The fourth-order valence-corrected chi connectivity index (χ4v) is 3.34. The van der Waals surface area contributed by atoms with Crippen LogP contribution in [-0.2, 0) is 11.3 Å². The molecule has 1 unspecified atom stereocenters. The van der Waals surface area contributed by atoms with E-state index in [-0.39, 0.29) is 5.91 Å². The lowest BCUT2D eigenvalue weighted by atomic mass is 10.0. The van der Waals surface area contributed by atoms with Crippen molar-refractivity contribution in [3.8, 4) is 0 Å². The zero-order chi connectivity index (χ0) is 18.2. The van der Waals surface area contributed by atoms with Gasteiger partial charge in [0.25, 0.3) is 0 Å². The van der Waals surface area contributed by atoms with Gasteiger partial charge in [0, 0.05) is 39.1 Å². The Balaban J connectivity index is 1.75. The monoisotopic (exact) mass is 344 g/mol. The Kier molecular flexibility index (Phi) is 7.29. The van der Waals surface area contributed by atoms with Gasteiger partial charge in [-0.05, 0) is 51.2 Å². The maximum atomic E-state index is 12.4. The molecular formula is C20H32N4O. The number of likely N-dealkylation sites (tertiary alicyclic amines) is 1. The van der Waals surface area contributed by atoms with Crippen LogP contribution in [0.3, 0.4) is 0 Å². The molecule has 2 rings (SSSR count). The number of aliphatic imine (C=N–C) groups is 1. The minimum atomic E-state index is 0.240. The number of rotatable bonds is 5. The van der Waals surface area contributed by atoms with Crippen molar-refractivity contribution in [2.45, 2.75) is 59.0 Å². The lowest BCUT2D eigenvalue weighted by Crippen LogP contribution is -2.44. The van der Waals surface area contributed by atoms with Gasteiger partial charge in [-0.25, -0.2) is 0 Å². The Labute approximate surface area is 151 Å². The van der Waals surface area contributed by atoms with Crippen molar-refractivity contribution in [3.63, 3.8) is 0 Å². The van der Waals surface area contributed by atoms with Crippen molar-refractivity contribution in [1.29, 1.82) is 0 Å². The van der Waals surface area contributed by atoms with Crippen molar-refractivity contribution < 1.29 is 4.79 Å². The molecule has 138 valence electrons. The van der Waals surface area contributed by atoms with Gasteiger partial charge in [0.05, 0.1) is 0 Å². The summed E-state index contributed by atoms with van der Waals surface area (Å²) in [5.41, 5.74) is 3.80. The molecule has 1 heterocycles. The molecule has 0 saturated carbocycles. The normalized spacial score (nSPS) is 18.2. The Morgan fingerprint density at radius 2 is 2.08 bits per heavy atom. The van der Waals surface area contributed by atoms with Gasteiger partial charge >= 0.3 is 0 Å². The van der Waals surface area contributed by atoms with Crippen molar-refractivity contribution in [1.82, 2.24) is 15.5 Å². The Hall–Kier alpha value is -2.04. The van der Waals surface area contributed by atoms with Crippen LogP contribution in [-0.4, -0.2) is 42.9 Å². The van der Waals surface area contributed by atoms with E-state index in [0.29, 0.717) is 19.0 Å². The first-order valence-electron chi connectivity index (χ1n) is 9.31. The Morgan fingerprint density at radius 3 is 2.76 bits per heavy atom. The van der Waals surface area contributed by atoms with Crippen molar-refractivity contribution >= 4 is 11.9 Å². The summed E-state index contributed by atoms with van der Waals surface area (Å²) in [5, 5.41) is 6.57. The second-order valence-electron chi connectivity index (χ2n) is 6.96. The lowest BCUT2D eigenvalue weighted by molar-refractivity contribution is -0.134. The molecule has 1 fully saturated rings. The van der Waals surface area contributed by atoms with Gasteiger partial charge in [0.1, 0.15) is 0 Å². The van der Waals surface area contributed by atoms with Crippen molar-refractivity contribution in [2.75, 3.05) is 20.1 Å². The number of carbonyl (C=O) groups is 1. The van der Waals surface area contributed by atoms with Gasteiger partial charge in [0.15, 0.2) is 5.96 Å². The molecular weight excluding hydrogens is 312 g/mol. The predicted molar refractivity (Wildman–Crippen MR) is 104 cm³/mol. The van der Waals surface area contributed by atoms with E-state index in [1.807, 2.05) is 4.90 Å². The van der Waals surface area contributed by atoms with E-state index in [0.717, 1.165) is 31.9 Å². The third-order valence-electron chi connectivity index (χ3n) is 4.92. The van der Waals surface area contributed by atoms with Crippen LogP contribution in [0, 0.1) is 13.8 Å². The zero-order valence-electron chi connectivity index (χ0n) is 16.1. The number of hydrogen-bond donors (Lipinski definition) is 2. The molecule has 1 aliphatic heterocycles. The fourth-order valence-electron chi connectivity index (χ4n) is 3.34. The maximum Gasteiger partial charge on any atom is 0.224 e. The Bertz CT molecular complexity index is 612. The number of carbonyl (C=O) groups excluding carboxylic acids is 1. The average Bonchev–Trinajstić information content (AvgIpc) is 2.59. The smallest absolute Gasteiger partial charge is 0.224 e. The summed E-state index contributed by atoms with van der Waals surface area (Å²) >= 11 is 0. The quantitative estimate of drug-likeness (QED) is 0.638. The number of nitrogens with one attached hydrogen (secondary N) is 2. The Morgan fingerprint density at radius 1 is 1.28 bits per heavy atom. The highest BCUT2D eigenvalue weighted by Crippen LogP contribution is 2.17. The van der Waals surface area contributed by atoms with Gasteiger partial charge < -0.3 is 15.5 Å². The number of nitrogens with zero attached hydrogens (tertiary/aromatic N) is 2. The van der Waals surface area contributed by atoms with E-state index in [2.05, 4.69) is 54.6 Å². The number of amides is 1. The zero-order valence-corrected chi connectivity index (χ0v) is 16.1. The summed E-state index contributed by atoms with van der Waals surface area (Å²) < 4.78 is 0. The topological polar surface area (TPSA) is 56.7 Å².